The predicted molar refractivity (Wildman–Crippen MR) is 186 cm³/mol. The molecule has 0 aliphatic heterocycles. The number of amides is 3. The van der Waals surface area contributed by atoms with Crippen molar-refractivity contribution in [1.29, 1.82) is 0 Å². The molecule has 0 bridgehead atoms. The lowest BCUT2D eigenvalue weighted by Gasteiger charge is -2.19. The lowest BCUT2D eigenvalue weighted by Crippen LogP contribution is -2.44. The number of hydrogen-bond donors (Lipinski definition) is 5. The van der Waals surface area contributed by atoms with Crippen LogP contribution in [0.3, 0.4) is 0 Å². The summed E-state index contributed by atoms with van der Waals surface area (Å²) in [6, 6.07) is 14.0. The Balaban J connectivity index is 1.21. The average Bonchev–Trinajstić information content (AvgIpc) is 3.91. The zero-order valence-corrected chi connectivity index (χ0v) is 29.1. The van der Waals surface area contributed by atoms with Gasteiger partial charge in [-0.2, -0.15) is 28.1 Å². The summed E-state index contributed by atoms with van der Waals surface area (Å²) in [7, 11) is 1.12. The third-order valence-corrected chi connectivity index (χ3v) is 8.06. The summed E-state index contributed by atoms with van der Waals surface area (Å²) in [6.07, 6.45) is -2.08. The maximum atomic E-state index is 13.0. The smallest absolute Gasteiger partial charge is 0.422 e. The molecule has 0 saturated heterocycles. The SMILES string of the molecule is COC(=O)[C@@H](CCNC(=O)C(=O)Nc1ccc(Cl)nc1)NC(=O)c1ccc(Nc2nc(NC3(c4ccc(Cl)cc4)CC3)nc(OCC(F)(F)F)n2)cc1. The number of aromatic nitrogens is 4. The second-order valence-corrected chi connectivity index (χ2v) is 12.3. The zero-order valence-electron chi connectivity index (χ0n) is 27.6. The molecule has 0 radical (unpaired) electrons. The molecule has 2 aromatic carbocycles. The van der Waals surface area contributed by atoms with Crippen molar-refractivity contribution in [3.63, 3.8) is 0 Å². The second-order valence-electron chi connectivity index (χ2n) is 11.5. The van der Waals surface area contributed by atoms with Crippen LogP contribution in [0, 0.1) is 0 Å². The Morgan fingerprint density at radius 2 is 1.57 bits per heavy atom. The van der Waals surface area contributed by atoms with Crippen LogP contribution in [0.25, 0.3) is 0 Å². The Labute approximate surface area is 309 Å². The molecule has 4 aromatic rings. The fraction of sp³-hybridized carbons (Fsp3) is 0.273. The van der Waals surface area contributed by atoms with Crippen molar-refractivity contribution in [2.45, 2.75) is 37.0 Å². The van der Waals surface area contributed by atoms with Gasteiger partial charge in [-0.3, -0.25) is 14.4 Å². The van der Waals surface area contributed by atoms with Gasteiger partial charge in [-0.15, -0.1) is 0 Å². The lowest BCUT2D eigenvalue weighted by molar-refractivity contribution is -0.154. The molecular weight excluding hydrogens is 746 g/mol. The zero-order chi connectivity index (χ0) is 38.2. The number of alkyl halides is 3. The van der Waals surface area contributed by atoms with Gasteiger partial charge in [-0.25, -0.2) is 9.78 Å². The van der Waals surface area contributed by atoms with E-state index in [1.165, 1.54) is 42.6 Å². The van der Waals surface area contributed by atoms with Crippen molar-refractivity contribution in [1.82, 2.24) is 30.6 Å². The van der Waals surface area contributed by atoms with E-state index in [4.69, 9.17) is 32.7 Å². The van der Waals surface area contributed by atoms with Gasteiger partial charge in [0.2, 0.25) is 11.9 Å². The number of methoxy groups -OCH3 is 1. The van der Waals surface area contributed by atoms with E-state index in [0.29, 0.717) is 23.6 Å². The summed E-state index contributed by atoms with van der Waals surface area (Å²) < 4.78 is 48.4. The molecule has 2 heterocycles. The Morgan fingerprint density at radius 1 is 0.887 bits per heavy atom. The van der Waals surface area contributed by atoms with E-state index in [2.05, 4.69) is 46.5 Å². The lowest BCUT2D eigenvalue weighted by atomic mass is 10.1. The molecule has 1 fully saturated rings. The van der Waals surface area contributed by atoms with Crippen molar-refractivity contribution in [2.24, 2.45) is 0 Å². The highest BCUT2D eigenvalue weighted by Crippen LogP contribution is 2.48. The first-order valence-corrected chi connectivity index (χ1v) is 16.4. The van der Waals surface area contributed by atoms with Gasteiger partial charge in [-0.05, 0) is 73.4 Å². The Bertz CT molecular complexity index is 1950. The second kappa shape index (κ2) is 16.7. The summed E-state index contributed by atoms with van der Waals surface area (Å²) >= 11 is 11.7. The van der Waals surface area contributed by atoms with Gasteiger partial charge in [0.15, 0.2) is 6.61 Å². The highest BCUT2D eigenvalue weighted by Gasteiger charge is 2.45. The molecule has 53 heavy (non-hydrogen) atoms. The number of carbonyl (C=O) groups excluding carboxylic acids is 4. The fourth-order valence-corrected chi connectivity index (χ4v) is 5.03. The molecule has 1 saturated carbocycles. The first kappa shape index (κ1) is 38.5. The summed E-state index contributed by atoms with van der Waals surface area (Å²) in [4.78, 5) is 65.9. The number of nitrogens with zero attached hydrogens (tertiary/aromatic N) is 4. The van der Waals surface area contributed by atoms with Crippen molar-refractivity contribution in [3.8, 4) is 6.01 Å². The normalized spacial score (nSPS) is 13.5. The minimum absolute atomic E-state index is 0.0346. The van der Waals surface area contributed by atoms with Gasteiger partial charge < -0.3 is 36.1 Å². The summed E-state index contributed by atoms with van der Waals surface area (Å²) in [6.45, 7) is -1.80. The van der Waals surface area contributed by atoms with E-state index < -0.39 is 54.1 Å². The topological polar surface area (TPSA) is 198 Å². The van der Waals surface area contributed by atoms with Gasteiger partial charge in [0.25, 0.3) is 5.91 Å². The number of halogens is 5. The van der Waals surface area contributed by atoms with Gasteiger partial charge in [0.1, 0.15) is 11.2 Å². The van der Waals surface area contributed by atoms with Gasteiger partial charge in [0, 0.05) is 22.8 Å². The third kappa shape index (κ3) is 11.1. The number of ether oxygens (including phenoxy) is 2. The summed E-state index contributed by atoms with van der Waals surface area (Å²) in [5, 5.41) is 14.0. The van der Waals surface area contributed by atoms with E-state index in [9.17, 15) is 32.3 Å². The highest BCUT2D eigenvalue weighted by molar-refractivity contribution is 6.39. The van der Waals surface area contributed by atoms with E-state index >= 15 is 0 Å². The van der Waals surface area contributed by atoms with Gasteiger partial charge in [-0.1, -0.05) is 35.3 Å². The minimum atomic E-state index is -4.64. The highest BCUT2D eigenvalue weighted by atomic mass is 35.5. The van der Waals surface area contributed by atoms with Crippen LogP contribution < -0.4 is 31.3 Å². The van der Waals surface area contributed by atoms with Crippen LogP contribution in [-0.4, -0.2) is 76.1 Å². The minimum Gasteiger partial charge on any atom is -0.467 e. The molecule has 1 atom stereocenters. The number of benzene rings is 2. The van der Waals surface area contributed by atoms with Crippen LogP contribution in [0.5, 0.6) is 6.01 Å². The maximum Gasteiger partial charge on any atom is 0.422 e. The van der Waals surface area contributed by atoms with Crippen LogP contribution >= 0.6 is 23.2 Å². The largest absolute Gasteiger partial charge is 0.467 e. The molecule has 278 valence electrons. The number of hydrogen-bond acceptors (Lipinski definition) is 12. The number of esters is 1. The average molecular weight is 777 g/mol. The Hall–Kier alpha value is -5.75. The standard InChI is InChI=1S/C33H30Cl2F3N9O6/c1-52-28(51)23(12-15-39-26(49)27(50)41-22-10-11-24(35)40-16-22)43-25(48)18-2-8-21(9-3-18)42-29-44-30(46-31(45-29)53-17-33(36,37)38)47-32(13-14-32)19-4-6-20(34)7-5-19/h2-11,16,23H,12-15,17H2,1H3,(H,39,49)(H,41,50)(H,43,48)(H2,42,44,45,46,47)/t23-/m1/s1. The number of rotatable bonds is 14. The van der Waals surface area contributed by atoms with Crippen molar-refractivity contribution < 1.29 is 41.8 Å². The molecule has 0 spiro atoms. The molecule has 15 nitrogen and oxygen atoms in total. The Morgan fingerprint density at radius 3 is 2.19 bits per heavy atom. The van der Waals surface area contributed by atoms with Crippen LogP contribution in [0.4, 0.5) is 36.4 Å². The summed E-state index contributed by atoms with van der Waals surface area (Å²) in [5.41, 5.74) is 1.03. The van der Waals surface area contributed by atoms with Crippen LogP contribution in [0.2, 0.25) is 10.2 Å². The molecule has 1 aliphatic carbocycles. The molecule has 5 rings (SSSR count). The Kier molecular flexibility index (Phi) is 12.1. The number of carbonyl (C=O) groups is 4. The molecule has 20 heteroatoms. The first-order chi connectivity index (χ1) is 25.2. The van der Waals surface area contributed by atoms with E-state index in [1.54, 1.807) is 12.1 Å². The van der Waals surface area contributed by atoms with Crippen molar-refractivity contribution >= 4 is 70.2 Å². The van der Waals surface area contributed by atoms with E-state index in [-0.39, 0.29) is 41.3 Å². The molecule has 1 aliphatic rings. The first-order valence-electron chi connectivity index (χ1n) is 15.7. The molecule has 5 N–H and O–H groups in total. The van der Waals surface area contributed by atoms with E-state index in [0.717, 1.165) is 12.7 Å². The summed E-state index contributed by atoms with van der Waals surface area (Å²) in [5.74, 6) is -3.62. The number of anilines is 4. The van der Waals surface area contributed by atoms with Crippen molar-refractivity contribution in [2.75, 3.05) is 36.2 Å². The molecular formula is C33H30Cl2F3N9O6. The van der Waals surface area contributed by atoms with Gasteiger partial charge in [0.05, 0.1) is 24.5 Å². The molecule has 0 unspecified atom stereocenters. The third-order valence-electron chi connectivity index (χ3n) is 7.58. The monoisotopic (exact) mass is 775 g/mol. The van der Waals surface area contributed by atoms with E-state index in [1.807, 2.05) is 12.1 Å². The molecule has 3 amide bonds. The van der Waals surface area contributed by atoms with Crippen molar-refractivity contribution in [3.05, 3.63) is 88.2 Å². The maximum absolute atomic E-state index is 13.0. The number of nitrogens with one attached hydrogen (secondary N) is 5. The quantitative estimate of drug-likeness (QED) is 0.0669. The van der Waals surface area contributed by atoms with Crippen LogP contribution in [0.15, 0.2) is 66.9 Å². The van der Waals surface area contributed by atoms with Crippen LogP contribution in [-0.2, 0) is 24.7 Å². The van der Waals surface area contributed by atoms with Gasteiger partial charge >= 0.3 is 30.0 Å². The van der Waals surface area contributed by atoms with Crippen LogP contribution in [0.1, 0.15) is 35.2 Å². The number of pyridine rings is 1. The molecule has 2 aromatic heterocycles. The predicted octanol–water partition coefficient (Wildman–Crippen LogP) is 4.78. The fourth-order valence-electron chi connectivity index (χ4n) is 4.79.